The number of benzene rings is 1. The Morgan fingerprint density at radius 2 is 1.95 bits per heavy atom. The molecule has 0 unspecified atom stereocenters. The molecule has 2 heterocycles. The smallest absolute Gasteiger partial charge is 0.269 e. The molecule has 0 bridgehead atoms. The first kappa shape index (κ1) is 13.5. The van der Waals surface area contributed by atoms with Crippen LogP contribution in [0, 0.1) is 0 Å². The Morgan fingerprint density at radius 1 is 1.19 bits per heavy atom. The van der Waals surface area contributed by atoms with E-state index in [4.69, 9.17) is 5.84 Å². The number of hydrogen-bond donors (Lipinski definition) is 2. The first-order valence-corrected chi connectivity index (χ1v) is 7.56. The fraction of sp³-hybridized carbons (Fsp3) is 0.0769. The standard InChI is InChI=1S/C13H12N4O3S/c14-16-12-9(4-3-7-15-12)8-17-13(18)10-5-1-2-6-11(10)21(17,19)20/h1-7H,8,14H2,(H,15,16). The van der Waals surface area contributed by atoms with Gasteiger partial charge in [0.2, 0.25) is 0 Å². The fourth-order valence-electron chi connectivity index (χ4n) is 2.24. The van der Waals surface area contributed by atoms with E-state index in [0.717, 1.165) is 4.31 Å². The quantitative estimate of drug-likeness (QED) is 0.639. The van der Waals surface area contributed by atoms with Crippen LogP contribution in [-0.2, 0) is 16.6 Å². The van der Waals surface area contributed by atoms with Crippen LogP contribution in [-0.4, -0.2) is 23.6 Å². The normalized spacial score (nSPS) is 15.9. The van der Waals surface area contributed by atoms with Gasteiger partial charge in [-0.25, -0.2) is 23.5 Å². The topological polar surface area (TPSA) is 105 Å². The summed E-state index contributed by atoms with van der Waals surface area (Å²) in [5.74, 6) is 5.13. The van der Waals surface area contributed by atoms with E-state index >= 15 is 0 Å². The van der Waals surface area contributed by atoms with Gasteiger partial charge in [0, 0.05) is 11.8 Å². The van der Waals surface area contributed by atoms with Gasteiger partial charge in [-0.2, -0.15) is 0 Å². The molecule has 8 heteroatoms. The molecular weight excluding hydrogens is 292 g/mol. The van der Waals surface area contributed by atoms with Crippen LogP contribution in [0.25, 0.3) is 0 Å². The number of nitrogen functional groups attached to an aromatic ring is 1. The molecule has 1 aliphatic rings. The molecule has 2 aromatic rings. The number of aromatic nitrogens is 1. The minimum Gasteiger partial charge on any atom is -0.308 e. The van der Waals surface area contributed by atoms with Gasteiger partial charge < -0.3 is 5.43 Å². The molecule has 0 aliphatic carbocycles. The van der Waals surface area contributed by atoms with Crippen molar-refractivity contribution in [1.82, 2.24) is 9.29 Å². The van der Waals surface area contributed by atoms with Crippen molar-refractivity contribution in [3.8, 4) is 0 Å². The second-order valence-corrected chi connectivity index (χ2v) is 6.30. The van der Waals surface area contributed by atoms with Crippen molar-refractivity contribution in [3.05, 3.63) is 53.7 Å². The lowest BCUT2D eigenvalue weighted by Crippen LogP contribution is -2.30. The maximum absolute atomic E-state index is 12.4. The summed E-state index contributed by atoms with van der Waals surface area (Å²) in [6.07, 6.45) is 1.52. The van der Waals surface area contributed by atoms with E-state index in [1.165, 1.54) is 18.3 Å². The largest absolute Gasteiger partial charge is 0.308 e. The zero-order valence-electron chi connectivity index (χ0n) is 10.9. The molecule has 0 saturated heterocycles. The van der Waals surface area contributed by atoms with E-state index in [1.54, 1.807) is 24.3 Å². The van der Waals surface area contributed by atoms with Gasteiger partial charge in [-0.3, -0.25) is 4.79 Å². The summed E-state index contributed by atoms with van der Waals surface area (Å²) in [5, 5.41) is 0. The lowest BCUT2D eigenvalue weighted by molar-refractivity contribution is 0.0865. The third-order valence-corrected chi connectivity index (χ3v) is 5.04. The van der Waals surface area contributed by atoms with E-state index in [0.29, 0.717) is 11.4 Å². The van der Waals surface area contributed by atoms with Gasteiger partial charge in [-0.05, 0) is 18.2 Å². The van der Waals surface area contributed by atoms with Crippen molar-refractivity contribution in [2.24, 2.45) is 5.84 Å². The van der Waals surface area contributed by atoms with Crippen LogP contribution in [0.1, 0.15) is 15.9 Å². The molecule has 1 aromatic heterocycles. The first-order chi connectivity index (χ1) is 10.1. The number of sulfonamides is 1. The van der Waals surface area contributed by atoms with Gasteiger partial charge in [0.15, 0.2) is 0 Å². The van der Waals surface area contributed by atoms with Crippen molar-refractivity contribution >= 4 is 21.7 Å². The van der Waals surface area contributed by atoms with Crippen LogP contribution < -0.4 is 11.3 Å². The minimum atomic E-state index is -3.83. The van der Waals surface area contributed by atoms with Crippen molar-refractivity contribution in [1.29, 1.82) is 0 Å². The number of pyridine rings is 1. The van der Waals surface area contributed by atoms with Gasteiger partial charge >= 0.3 is 0 Å². The fourth-order valence-corrected chi connectivity index (χ4v) is 3.79. The van der Waals surface area contributed by atoms with E-state index in [-0.39, 0.29) is 17.0 Å². The van der Waals surface area contributed by atoms with Gasteiger partial charge in [0.05, 0.1) is 12.1 Å². The monoisotopic (exact) mass is 304 g/mol. The molecule has 108 valence electrons. The van der Waals surface area contributed by atoms with Crippen LogP contribution in [0.3, 0.4) is 0 Å². The molecule has 1 aromatic carbocycles. The summed E-state index contributed by atoms with van der Waals surface area (Å²) in [5.41, 5.74) is 3.09. The number of nitrogens with one attached hydrogen (secondary N) is 1. The molecule has 3 rings (SSSR count). The Labute approximate surface area is 121 Å². The SMILES string of the molecule is NNc1ncccc1CN1C(=O)c2ccccc2S1(=O)=O. The molecule has 0 atom stereocenters. The number of fused-ring (bicyclic) bond motifs is 1. The van der Waals surface area contributed by atoms with Gasteiger partial charge in [0.25, 0.3) is 15.9 Å². The number of nitrogens with zero attached hydrogens (tertiary/aromatic N) is 2. The summed E-state index contributed by atoms with van der Waals surface area (Å²) >= 11 is 0. The molecule has 1 aliphatic heterocycles. The first-order valence-electron chi connectivity index (χ1n) is 6.12. The summed E-state index contributed by atoms with van der Waals surface area (Å²) in [7, 11) is -3.83. The van der Waals surface area contributed by atoms with Gasteiger partial charge in [0.1, 0.15) is 10.7 Å². The molecule has 1 amide bonds. The maximum atomic E-state index is 12.4. The lowest BCUT2D eigenvalue weighted by Gasteiger charge is -2.16. The molecule has 7 nitrogen and oxygen atoms in total. The van der Waals surface area contributed by atoms with Crippen LogP contribution in [0.5, 0.6) is 0 Å². The molecule has 0 radical (unpaired) electrons. The lowest BCUT2D eigenvalue weighted by atomic mass is 10.2. The van der Waals surface area contributed by atoms with Gasteiger partial charge in [-0.1, -0.05) is 18.2 Å². The van der Waals surface area contributed by atoms with Crippen LogP contribution in [0.15, 0.2) is 47.5 Å². The number of anilines is 1. The maximum Gasteiger partial charge on any atom is 0.269 e. The highest BCUT2D eigenvalue weighted by Crippen LogP contribution is 2.31. The molecule has 3 N–H and O–H groups in total. The van der Waals surface area contributed by atoms with E-state index < -0.39 is 15.9 Å². The third-order valence-electron chi connectivity index (χ3n) is 3.25. The molecule has 0 spiro atoms. The van der Waals surface area contributed by atoms with Crippen molar-refractivity contribution in [2.45, 2.75) is 11.4 Å². The predicted molar refractivity (Wildman–Crippen MR) is 75.5 cm³/mol. The number of carbonyl (C=O) groups is 1. The molecular formula is C13H12N4O3S. The minimum absolute atomic E-state index is 0.0288. The highest BCUT2D eigenvalue weighted by atomic mass is 32.2. The summed E-state index contributed by atoms with van der Waals surface area (Å²) in [6.45, 7) is -0.122. The Bertz CT molecular complexity index is 820. The Hall–Kier alpha value is -2.45. The molecule has 21 heavy (non-hydrogen) atoms. The van der Waals surface area contributed by atoms with Crippen molar-refractivity contribution in [2.75, 3.05) is 5.43 Å². The van der Waals surface area contributed by atoms with Crippen molar-refractivity contribution in [3.63, 3.8) is 0 Å². The second-order valence-electron chi connectivity index (χ2n) is 4.47. The Balaban J connectivity index is 2.04. The van der Waals surface area contributed by atoms with E-state index in [1.807, 2.05) is 0 Å². The zero-order valence-corrected chi connectivity index (χ0v) is 11.7. The zero-order chi connectivity index (χ0) is 15.0. The van der Waals surface area contributed by atoms with E-state index in [9.17, 15) is 13.2 Å². The highest BCUT2D eigenvalue weighted by molar-refractivity contribution is 7.90. The average molecular weight is 304 g/mol. The van der Waals surface area contributed by atoms with Crippen LogP contribution in [0.2, 0.25) is 0 Å². The predicted octanol–water partition coefficient (Wildman–Crippen LogP) is 0.712. The number of amides is 1. The van der Waals surface area contributed by atoms with Crippen LogP contribution >= 0.6 is 0 Å². The summed E-state index contributed by atoms with van der Waals surface area (Å²) < 4.78 is 25.7. The highest BCUT2D eigenvalue weighted by Gasteiger charge is 2.40. The van der Waals surface area contributed by atoms with E-state index in [2.05, 4.69) is 10.4 Å². The summed E-state index contributed by atoms with van der Waals surface area (Å²) in [4.78, 5) is 16.3. The number of rotatable bonds is 3. The molecule has 0 fully saturated rings. The summed E-state index contributed by atoms with van der Waals surface area (Å²) in [6, 6.07) is 9.45. The number of hydrazine groups is 1. The third kappa shape index (κ3) is 2.05. The van der Waals surface area contributed by atoms with Crippen LogP contribution in [0.4, 0.5) is 5.82 Å². The van der Waals surface area contributed by atoms with Gasteiger partial charge in [-0.15, -0.1) is 0 Å². The number of carbonyl (C=O) groups excluding carboxylic acids is 1. The Morgan fingerprint density at radius 3 is 2.67 bits per heavy atom. The molecule has 0 saturated carbocycles. The second kappa shape index (κ2) is 4.83. The number of hydrogen-bond acceptors (Lipinski definition) is 6. The average Bonchev–Trinajstić information content (AvgIpc) is 2.69. The number of nitrogens with two attached hydrogens (primary N) is 1. The van der Waals surface area contributed by atoms with Crippen molar-refractivity contribution < 1.29 is 13.2 Å². The Kier molecular flexibility index (Phi) is 3.11.